The summed E-state index contributed by atoms with van der Waals surface area (Å²) >= 11 is 0. The van der Waals surface area contributed by atoms with Crippen LogP contribution in [0.5, 0.6) is 0 Å². The van der Waals surface area contributed by atoms with E-state index in [1.165, 1.54) is 13.0 Å². The van der Waals surface area contributed by atoms with Crippen LogP contribution in [0.4, 0.5) is 23.8 Å². The second-order valence-electron chi connectivity index (χ2n) is 6.32. The van der Waals surface area contributed by atoms with Gasteiger partial charge < -0.3 is 24.2 Å². The molecule has 156 valence electrons. The largest absolute Gasteiger partial charge is 0.452 e. The summed E-state index contributed by atoms with van der Waals surface area (Å²) in [4.78, 5) is 36.9. The molecule has 0 aromatic carbocycles. The van der Waals surface area contributed by atoms with Gasteiger partial charge in [-0.25, -0.2) is 4.79 Å². The molecule has 1 fully saturated rings. The van der Waals surface area contributed by atoms with Gasteiger partial charge in [-0.05, 0) is 26.7 Å². The SMILES string of the molecule is Cc1cc(NC(=O)[C@H](C)OC(=O)C2CCN(C(=O)OCC(F)(F)F)CC2)no1. The number of halogens is 3. The number of aromatic nitrogens is 1. The van der Waals surface area contributed by atoms with Crippen LogP contribution >= 0.6 is 0 Å². The predicted octanol–water partition coefficient (Wildman–Crippen LogP) is 2.26. The van der Waals surface area contributed by atoms with E-state index in [4.69, 9.17) is 9.26 Å². The number of alkyl halides is 3. The number of aryl methyl sites for hydroxylation is 1. The van der Waals surface area contributed by atoms with Gasteiger partial charge in [0.1, 0.15) is 5.76 Å². The monoisotopic (exact) mass is 407 g/mol. The van der Waals surface area contributed by atoms with Crippen LogP contribution in [-0.4, -0.2) is 60.0 Å². The summed E-state index contributed by atoms with van der Waals surface area (Å²) in [5.74, 6) is -1.09. The lowest BCUT2D eigenvalue weighted by atomic mass is 9.97. The molecule has 0 spiro atoms. The van der Waals surface area contributed by atoms with Gasteiger partial charge >= 0.3 is 18.2 Å². The molecule has 2 amide bonds. The smallest absolute Gasteiger partial charge is 0.422 e. The second kappa shape index (κ2) is 8.93. The van der Waals surface area contributed by atoms with Crippen molar-refractivity contribution in [2.45, 2.75) is 39.0 Å². The molecule has 1 aliphatic heterocycles. The lowest BCUT2D eigenvalue weighted by molar-refractivity contribution is -0.163. The minimum atomic E-state index is -4.60. The topological polar surface area (TPSA) is 111 Å². The molecule has 0 bridgehead atoms. The standard InChI is InChI=1S/C16H20F3N3O6/c1-9-7-12(21-28-9)20-13(23)10(2)27-14(24)11-3-5-22(6-4-11)15(25)26-8-16(17,18)19/h7,10-11H,3-6,8H2,1-2H3,(H,20,21,23)/t10-/m0/s1. The number of esters is 1. The molecular formula is C16H20F3N3O6. The van der Waals surface area contributed by atoms with E-state index in [0.29, 0.717) is 5.76 Å². The Morgan fingerprint density at radius 2 is 2.00 bits per heavy atom. The number of hydrogen-bond acceptors (Lipinski definition) is 7. The van der Waals surface area contributed by atoms with E-state index >= 15 is 0 Å². The van der Waals surface area contributed by atoms with Crippen molar-refractivity contribution in [3.05, 3.63) is 11.8 Å². The number of rotatable bonds is 5. The van der Waals surface area contributed by atoms with Crippen molar-refractivity contribution in [1.82, 2.24) is 10.1 Å². The Morgan fingerprint density at radius 1 is 1.36 bits per heavy atom. The summed E-state index contributed by atoms with van der Waals surface area (Å²) in [7, 11) is 0. The van der Waals surface area contributed by atoms with Crippen LogP contribution in [0.2, 0.25) is 0 Å². The molecule has 1 aliphatic rings. The molecule has 2 rings (SSSR count). The van der Waals surface area contributed by atoms with Crippen LogP contribution in [0.3, 0.4) is 0 Å². The first-order valence-corrected chi connectivity index (χ1v) is 8.48. The van der Waals surface area contributed by atoms with E-state index in [1.54, 1.807) is 6.92 Å². The summed E-state index contributed by atoms with van der Waals surface area (Å²) in [6.07, 6.45) is -6.38. The van der Waals surface area contributed by atoms with E-state index < -0.39 is 42.8 Å². The first kappa shape index (κ1) is 21.5. The maximum absolute atomic E-state index is 12.2. The van der Waals surface area contributed by atoms with E-state index in [2.05, 4.69) is 15.2 Å². The molecule has 1 aromatic heterocycles. The Morgan fingerprint density at radius 3 is 2.54 bits per heavy atom. The fourth-order valence-electron chi connectivity index (χ4n) is 2.51. The van der Waals surface area contributed by atoms with Gasteiger partial charge in [-0.2, -0.15) is 13.2 Å². The van der Waals surface area contributed by atoms with Crippen molar-refractivity contribution in [2.75, 3.05) is 25.0 Å². The first-order valence-electron chi connectivity index (χ1n) is 8.48. The highest BCUT2D eigenvalue weighted by atomic mass is 19.4. The number of carbonyl (C=O) groups is 3. The minimum Gasteiger partial charge on any atom is -0.452 e. The molecular weight excluding hydrogens is 387 g/mol. The Labute approximate surface area is 158 Å². The summed E-state index contributed by atoms with van der Waals surface area (Å²) in [5.41, 5.74) is 0. The summed E-state index contributed by atoms with van der Waals surface area (Å²) in [5, 5.41) is 6.03. The zero-order valence-electron chi connectivity index (χ0n) is 15.2. The maximum atomic E-state index is 12.2. The van der Waals surface area contributed by atoms with Crippen molar-refractivity contribution in [3.8, 4) is 0 Å². The lowest BCUT2D eigenvalue weighted by Crippen LogP contribution is -2.42. The second-order valence-corrected chi connectivity index (χ2v) is 6.32. The van der Waals surface area contributed by atoms with Crippen molar-refractivity contribution < 1.29 is 41.6 Å². The summed E-state index contributed by atoms with van der Waals surface area (Å²) in [6, 6.07) is 1.50. The third kappa shape index (κ3) is 6.43. The van der Waals surface area contributed by atoms with E-state index in [0.717, 1.165) is 4.90 Å². The number of hydrogen-bond donors (Lipinski definition) is 1. The molecule has 1 aromatic rings. The number of piperidine rings is 1. The van der Waals surface area contributed by atoms with Crippen LogP contribution in [0.15, 0.2) is 10.6 Å². The Balaban J connectivity index is 1.75. The van der Waals surface area contributed by atoms with Gasteiger partial charge in [0.25, 0.3) is 5.91 Å². The van der Waals surface area contributed by atoms with Crippen LogP contribution in [0.1, 0.15) is 25.5 Å². The number of carbonyl (C=O) groups excluding carboxylic acids is 3. The molecule has 1 atom stereocenters. The molecule has 0 aliphatic carbocycles. The Kier molecular flexibility index (Phi) is 6.86. The van der Waals surface area contributed by atoms with Gasteiger partial charge in [0.2, 0.25) is 0 Å². The van der Waals surface area contributed by atoms with E-state index in [1.807, 2.05) is 0 Å². The molecule has 0 saturated carbocycles. The Hall–Kier alpha value is -2.79. The average molecular weight is 407 g/mol. The van der Waals surface area contributed by atoms with Crippen LogP contribution in [-0.2, 0) is 19.1 Å². The van der Waals surface area contributed by atoms with Gasteiger partial charge in [0, 0.05) is 19.2 Å². The highest BCUT2D eigenvalue weighted by Gasteiger charge is 2.34. The zero-order chi connectivity index (χ0) is 20.9. The van der Waals surface area contributed by atoms with Crippen molar-refractivity contribution in [2.24, 2.45) is 5.92 Å². The van der Waals surface area contributed by atoms with Crippen molar-refractivity contribution in [3.63, 3.8) is 0 Å². The number of anilines is 1. The minimum absolute atomic E-state index is 0.0508. The predicted molar refractivity (Wildman–Crippen MR) is 87.1 cm³/mol. The summed E-state index contributed by atoms with van der Waals surface area (Å²) < 4.78 is 50.3. The third-order valence-electron chi connectivity index (χ3n) is 3.99. The van der Waals surface area contributed by atoms with Crippen LogP contribution in [0.25, 0.3) is 0 Å². The first-order chi connectivity index (χ1) is 13.0. The quantitative estimate of drug-likeness (QED) is 0.746. The van der Waals surface area contributed by atoms with Crippen molar-refractivity contribution in [1.29, 1.82) is 0 Å². The number of likely N-dealkylation sites (tertiary alicyclic amines) is 1. The number of nitrogens with one attached hydrogen (secondary N) is 1. The van der Waals surface area contributed by atoms with Crippen molar-refractivity contribution >= 4 is 23.8 Å². The van der Waals surface area contributed by atoms with Gasteiger partial charge in [-0.15, -0.1) is 0 Å². The van der Waals surface area contributed by atoms with Crippen LogP contribution in [0, 0.1) is 12.8 Å². The normalized spacial score (nSPS) is 16.4. The fraction of sp³-hybridized carbons (Fsp3) is 0.625. The fourth-order valence-corrected chi connectivity index (χ4v) is 2.51. The molecule has 2 heterocycles. The van der Waals surface area contributed by atoms with E-state index in [-0.39, 0.29) is 31.7 Å². The molecule has 9 nitrogen and oxygen atoms in total. The molecule has 28 heavy (non-hydrogen) atoms. The number of nitrogens with zero attached hydrogens (tertiary/aromatic N) is 2. The Bertz CT molecular complexity index is 713. The van der Waals surface area contributed by atoms with E-state index in [9.17, 15) is 27.6 Å². The molecule has 12 heteroatoms. The average Bonchev–Trinajstić information content (AvgIpc) is 3.03. The lowest BCUT2D eigenvalue weighted by Gasteiger charge is -2.30. The maximum Gasteiger partial charge on any atom is 0.422 e. The number of ether oxygens (including phenoxy) is 2. The highest BCUT2D eigenvalue weighted by Crippen LogP contribution is 2.21. The molecule has 1 N–H and O–H groups in total. The van der Waals surface area contributed by atoms with Gasteiger partial charge in [-0.3, -0.25) is 9.59 Å². The molecule has 1 saturated heterocycles. The summed E-state index contributed by atoms with van der Waals surface area (Å²) in [6.45, 7) is 1.48. The zero-order valence-corrected chi connectivity index (χ0v) is 15.2. The van der Waals surface area contributed by atoms with Gasteiger partial charge in [-0.1, -0.05) is 5.16 Å². The van der Waals surface area contributed by atoms with Crippen LogP contribution < -0.4 is 5.32 Å². The van der Waals surface area contributed by atoms with Gasteiger partial charge in [0.05, 0.1) is 5.92 Å². The highest BCUT2D eigenvalue weighted by molar-refractivity contribution is 5.94. The molecule has 0 radical (unpaired) electrons. The van der Waals surface area contributed by atoms with Gasteiger partial charge in [0.15, 0.2) is 18.5 Å². The number of amides is 2. The molecule has 0 unspecified atom stereocenters. The third-order valence-corrected chi connectivity index (χ3v) is 3.99.